The second kappa shape index (κ2) is 11.4. The second-order valence-electron chi connectivity index (χ2n) is 9.57. The van der Waals surface area contributed by atoms with E-state index in [1.165, 1.54) is 44.5 Å². The predicted molar refractivity (Wildman–Crippen MR) is 147 cm³/mol. The fourth-order valence-electron chi connectivity index (χ4n) is 5.53. The van der Waals surface area contributed by atoms with Crippen molar-refractivity contribution >= 4 is 11.9 Å². The smallest absolute Gasteiger partial charge is 0.305 e. The summed E-state index contributed by atoms with van der Waals surface area (Å²) in [5.41, 5.74) is 9.77. The van der Waals surface area contributed by atoms with Gasteiger partial charge in [-0.25, -0.2) is 0 Å². The van der Waals surface area contributed by atoms with Crippen LogP contribution in [0.15, 0.2) is 97.1 Å². The first kappa shape index (κ1) is 25.4. The zero-order valence-corrected chi connectivity index (χ0v) is 21.0. The van der Waals surface area contributed by atoms with Gasteiger partial charge in [-0.1, -0.05) is 97.1 Å². The SMILES string of the molecule is O=C(O)CCCC(=O)OCC1c2ccccc2-c2ccccc21.OCC1c2ccccc2-c2ccccc21. The van der Waals surface area contributed by atoms with Crippen molar-refractivity contribution in [2.45, 2.75) is 31.1 Å². The summed E-state index contributed by atoms with van der Waals surface area (Å²) in [6.45, 7) is 0.480. The number of carboxylic acids is 1. The number of rotatable bonds is 7. The van der Waals surface area contributed by atoms with Crippen molar-refractivity contribution < 1.29 is 24.5 Å². The number of esters is 1. The average Bonchev–Trinajstić information content (AvgIpc) is 3.44. The van der Waals surface area contributed by atoms with Crippen LogP contribution in [-0.4, -0.2) is 35.4 Å². The van der Waals surface area contributed by atoms with Gasteiger partial charge in [0.1, 0.15) is 6.61 Å². The van der Waals surface area contributed by atoms with Crippen LogP contribution >= 0.6 is 0 Å². The van der Waals surface area contributed by atoms with Crippen LogP contribution in [0.2, 0.25) is 0 Å². The van der Waals surface area contributed by atoms with Gasteiger partial charge in [-0.3, -0.25) is 9.59 Å². The first-order chi connectivity index (χ1) is 18.6. The van der Waals surface area contributed by atoms with Crippen molar-refractivity contribution in [2.24, 2.45) is 0 Å². The fraction of sp³-hybridized carbons (Fsp3) is 0.212. The predicted octanol–water partition coefficient (Wildman–Crippen LogP) is 6.39. The van der Waals surface area contributed by atoms with Gasteiger partial charge in [-0.05, 0) is 50.9 Å². The highest BCUT2D eigenvalue weighted by Gasteiger charge is 2.29. The van der Waals surface area contributed by atoms with Crippen LogP contribution in [0.25, 0.3) is 22.3 Å². The number of carbonyl (C=O) groups is 2. The maximum Gasteiger partial charge on any atom is 0.305 e. The van der Waals surface area contributed by atoms with Gasteiger partial charge in [0, 0.05) is 24.7 Å². The van der Waals surface area contributed by atoms with E-state index in [9.17, 15) is 14.7 Å². The molecular formula is C33H30O5. The molecule has 0 heterocycles. The van der Waals surface area contributed by atoms with Crippen molar-refractivity contribution in [3.05, 3.63) is 119 Å². The molecule has 0 saturated carbocycles. The molecule has 4 aromatic rings. The van der Waals surface area contributed by atoms with Crippen molar-refractivity contribution in [3.8, 4) is 22.3 Å². The molecular weight excluding hydrogens is 476 g/mol. The summed E-state index contributed by atoms with van der Waals surface area (Å²) in [6, 6.07) is 33.0. The van der Waals surface area contributed by atoms with Gasteiger partial charge in [0.15, 0.2) is 0 Å². The fourth-order valence-corrected chi connectivity index (χ4v) is 5.53. The van der Waals surface area contributed by atoms with Crippen LogP contribution in [0.5, 0.6) is 0 Å². The van der Waals surface area contributed by atoms with E-state index in [1.54, 1.807) is 0 Å². The van der Waals surface area contributed by atoms with Crippen LogP contribution < -0.4 is 0 Å². The van der Waals surface area contributed by atoms with Gasteiger partial charge >= 0.3 is 11.9 Å². The topological polar surface area (TPSA) is 83.8 Å². The summed E-state index contributed by atoms with van der Waals surface area (Å²) >= 11 is 0. The molecule has 0 saturated heterocycles. The minimum Gasteiger partial charge on any atom is -0.481 e. The first-order valence-electron chi connectivity index (χ1n) is 12.9. The van der Waals surface area contributed by atoms with Gasteiger partial charge in [-0.2, -0.15) is 0 Å². The highest BCUT2D eigenvalue weighted by atomic mass is 16.5. The number of benzene rings is 4. The Kier molecular flexibility index (Phi) is 7.66. The lowest BCUT2D eigenvalue weighted by Crippen LogP contribution is -2.12. The third-order valence-corrected chi connectivity index (χ3v) is 7.29. The van der Waals surface area contributed by atoms with E-state index in [0.29, 0.717) is 13.0 Å². The zero-order valence-electron chi connectivity index (χ0n) is 21.0. The van der Waals surface area contributed by atoms with E-state index >= 15 is 0 Å². The van der Waals surface area contributed by atoms with E-state index in [0.717, 1.165) is 0 Å². The molecule has 5 heteroatoms. The number of fused-ring (bicyclic) bond motifs is 6. The van der Waals surface area contributed by atoms with E-state index < -0.39 is 5.97 Å². The summed E-state index contributed by atoms with van der Waals surface area (Å²) < 4.78 is 5.39. The van der Waals surface area contributed by atoms with Crippen LogP contribution in [0, 0.1) is 0 Å². The minimum atomic E-state index is -0.892. The molecule has 2 N–H and O–H groups in total. The largest absolute Gasteiger partial charge is 0.481 e. The molecule has 0 atom stereocenters. The van der Waals surface area contributed by atoms with Crippen LogP contribution in [0.1, 0.15) is 53.4 Å². The Morgan fingerprint density at radius 3 is 1.39 bits per heavy atom. The molecule has 0 radical (unpaired) electrons. The maximum atomic E-state index is 11.8. The molecule has 2 aliphatic rings. The zero-order chi connectivity index (χ0) is 26.5. The molecule has 192 valence electrons. The van der Waals surface area contributed by atoms with E-state index in [-0.39, 0.29) is 37.3 Å². The molecule has 0 spiro atoms. The molecule has 0 bridgehead atoms. The Bertz CT molecular complexity index is 1370. The number of aliphatic hydroxyl groups is 1. The first-order valence-corrected chi connectivity index (χ1v) is 12.9. The number of ether oxygens (including phenoxy) is 1. The van der Waals surface area contributed by atoms with Gasteiger partial charge in [0.25, 0.3) is 0 Å². The molecule has 6 rings (SSSR count). The summed E-state index contributed by atoms with van der Waals surface area (Å²) in [5.74, 6) is -1.02. The lowest BCUT2D eigenvalue weighted by molar-refractivity contribution is -0.144. The standard InChI is InChI=1S/C19H18O4.C14H12O/c20-18(21)10-5-11-19(22)23-12-17-15-8-3-1-6-13(15)14-7-2-4-9-16(14)17;15-9-14-12-7-3-1-5-10(12)11-6-2-4-8-13(11)14/h1-4,6-9,17H,5,10-12H2,(H,20,21);1-8,14-15H,9H2. The van der Waals surface area contributed by atoms with Crippen molar-refractivity contribution in [1.29, 1.82) is 0 Å². The van der Waals surface area contributed by atoms with Crippen LogP contribution in [0.4, 0.5) is 0 Å². The summed E-state index contributed by atoms with van der Waals surface area (Å²) in [5, 5.41) is 18.1. The van der Waals surface area contributed by atoms with E-state index in [1.807, 2.05) is 36.4 Å². The normalized spacial score (nSPS) is 13.0. The Balaban J connectivity index is 0.000000168. The molecule has 0 fully saturated rings. The molecule has 5 nitrogen and oxygen atoms in total. The van der Waals surface area contributed by atoms with Gasteiger partial charge < -0.3 is 14.9 Å². The number of aliphatic carboxylic acids is 1. The highest BCUT2D eigenvalue weighted by molar-refractivity contribution is 5.80. The minimum absolute atomic E-state index is 0.00973. The molecule has 0 aliphatic heterocycles. The van der Waals surface area contributed by atoms with Crippen LogP contribution in [0.3, 0.4) is 0 Å². The Labute approximate surface area is 222 Å². The number of hydrogen-bond donors (Lipinski definition) is 2. The maximum absolute atomic E-state index is 11.8. The molecule has 38 heavy (non-hydrogen) atoms. The summed E-state index contributed by atoms with van der Waals surface area (Å²) in [4.78, 5) is 22.3. The molecule has 2 aliphatic carbocycles. The van der Waals surface area contributed by atoms with Crippen molar-refractivity contribution in [3.63, 3.8) is 0 Å². The molecule has 0 unspecified atom stereocenters. The monoisotopic (exact) mass is 506 g/mol. The van der Waals surface area contributed by atoms with Crippen molar-refractivity contribution in [1.82, 2.24) is 0 Å². The number of hydrogen-bond acceptors (Lipinski definition) is 4. The number of carbonyl (C=O) groups excluding carboxylic acids is 1. The van der Waals surface area contributed by atoms with Gasteiger partial charge in [-0.15, -0.1) is 0 Å². The summed E-state index contributed by atoms with van der Waals surface area (Å²) in [7, 11) is 0. The third kappa shape index (κ3) is 5.11. The lowest BCUT2D eigenvalue weighted by atomic mass is 9.98. The molecule has 0 aromatic heterocycles. The molecule has 4 aromatic carbocycles. The number of carboxylic acid groups (broad SMARTS) is 1. The lowest BCUT2D eigenvalue weighted by Gasteiger charge is -2.14. The molecule has 0 amide bonds. The Morgan fingerprint density at radius 2 is 1.00 bits per heavy atom. The van der Waals surface area contributed by atoms with Crippen molar-refractivity contribution in [2.75, 3.05) is 13.2 Å². The number of aliphatic hydroxyl groups excluding tert-OH is 1. The van der Waals surface area contributed by atoms with Gasteiger partial charge in [0.05, 0.1) is 6.61 Å². The highest BCUT2D eigenvalue weighted by Crippen LogP contribution is 2.45. The Morgan fingerprint density at radius 1 is 0.605 bits per heavy atom. The van der Waals surface area contributed by atoms with E-state index in [4.69, 9.17) is 9.84 Å². The quantitative estimate of drug-likeness (QED) is 0.284. The third-order valence-electron chi connectivity index (χ3n) is 7.29. The van der Waals surface area contributed by atoms with E-state index in [2.05, 4.69) is 60.7 Å². The van der Waals surface area contributed by atoms with Gasteiger partial charge in [0.2, 0.25) is 0 Å². The Hall–Kier alpha value is -4.22. The van der Waals surface area contributed by atoms with Crippen LogP contribution in [-0.2, 0) is 14.3 Å². The summed E-state index contributed by atoms with van der Waals surface area (Å²) in [6.07, 6.45) is 0.443. The average molecular weight is 507 g/mol. The second-order valence-corrected chi connectivity index (χ2v) is 9.57.